The van der Waals surface area contributed by atoms with Gasteiger partial charge in [0.15, 0.2) is 5.96 Å². The van der Waals surface area contributed by atoms with Crippen LogP contribution in [0, 0.1) is 6.92 Å². The minimum absolute atomic E-state index is 0.403. The Morgan fingerprint density at radius 3 is 2.61 bits per heavy atom. The van der Waals surface area contributed by atoms with Crippen LogP contribution in [0.1, 0.15) is 36.5 Å². The molecule has 2 aromatic heterocycles. The third kappa shape index (κ3) is 5.42. The first-order valence-corrected chi connectivity index (χ1v) is 9.67. The van der Waals surface area contributed by atoms with E-state index in [1.54, 1.807) is 12.5 Å². The Kier molecular flexibility index (Phi) is 6.78. The van der Waals surface area contributed by atoms with E-state index in [1.807, 2.05) is 29.1 Å². The molecule has 3 aromatic rings. The molecule has 6 nitrogen and oxygen atoms in total. The molecule has 6 heteroatoms. The predicted octanol–water partition coefficient (Wildman–Crippen LogP) is 3.43. The second kappa shape index (κ2) is 9.69. The molecule has 0 aliphatic carbocycles. The average Bonchev–Trinajstić information content (AvgIpc) is 3.25. The molecule has 1 unspecified atom stereocenters. The minimum atomic E-state index is 0.403. The maximum absolute atomic E-state index is 4.69. The van der Waals surface area contributed by atoms with Crippen molar-refractivity contribution in [3.63, 3.8) is 0 Å². The minimum Gasteiger partial charge on any atom is -0.357 e. The zero-order valence-corrected chi connectivity index (χ0v) is 16.8. The number of pyridine rings is 1. The van der Waals surface area contributed by atoms with E-state index < -0.39 is 0 Å². The van der Waals surface area contributed by atoms with Gasteiger partial charge in [0.05, 0.1) is 6.54 Å². The summed E-state index contributed by atoms with van der Waals surface area (Å²) in [5, 5.41) is 6.75. The molecule has 0 aliphatic heterocycles. The maximum atomic E-state index is 4.69. The van der Waals surface area contributed by atoms with E-state index in [1.165, 1.54) is 11.1 Å². The van der Waals surface area contributed by atoms with Gasteiger partial charge in [0.25, 0.3) is 0 Å². The maximum Gasteiger partial charge on any atom is 0.191 e. The van der Waals surface area contributed by atoms with Gasteiger partial charge in [-0.2, -0.15) is 0 Å². The first-order chi connectivity index (χ1) is 13.7. The lowest BCUT2D eigenvalue weighted by molar-refractivity contribution is 0.699. The molecule has 0 aliphatic rings. The van der Waals surface area contributed by atoms with Crippen LogP contribution in [-0.2, 0) is 6.54 Å². The first kappa shape index (κ1) is 19.6. The van der Waals surface area contributed by atoms with Gasteiger partial charge in [0.1, 0.15) is 12.1 Å². The largest absolute Gasteiger partial charge is 0.357 e. The molecular formula is C22H28N6. The van der Waals surface area contributed by atoms with Crippen LogP contribution in [0.2, 0.25) is 0 Å². The van der Waals surface area contributed by atoms with E-state index in [0.29, 0.717) is 12.5 Å². The van der Waals surface area contributed by atoms with E-state index in [-0.39, 0.29) is 0 Å². The Morgan fingerprint density at radius 2 is 1.96 bits per heavy atom. The first-order valence-electron chi connectivity index (χ1n) is 9.67. The monoisotopic (exact) mass is 376 g/mol. The third-order valence-electron chi connectivity index (χ3n) is 4.56. The predicted molar refractivity (Wildman–Crippen MR) is 114 cm³/mol. The van der Waals surface area contributed by atoms with Crippen LogP contribution in [0.5, 0.6) is 0 Å². The molecule has 146 valence electrons. The number of aromatic nitrogens is 3. The van der Waals surface area contributed by atoms with Crippen LogP contribution in [0.25, 0.3) is 5.82 Å². The Morgan fingerprint density at radius 1 is 1.14 bits per heavy atom. The molecule has 0 amide bonds. The molecule has 0 fully saturated rings. The average molecular weight is 377 g/mol. The Bertz CT molecular complexity index is 866. The SMILES string of the molecule is CCNC(=NCc1ccc(-n2ccnc2)nc1)NCC(C)c1ccc(C)cc1. The van der Waals surface area contributed by atoms with Crippen molar-refractivity contribution in [3.8, 4) is 5.82 Å². The Balaban J connectivity index is 1.58. The van der Waals surface area contributed by atoms with Crippen LogP contribution in [0.15, 0.2) is 66.3 Å². The number of guanidine groups is 1. The van der Waals surface area contributed by atoms with Crippen molar-refractivity contribution < 1.29 is 0 Å². The smallest absolute Gasteiger partial charge is 0.191 e. The highest BCUT2D eigenvalue weighted by atomic mass is 15.2. The van der Waals surface area contributed by atoms with Crippen molar-refractivity contribution in [2.24, 2.45) is 4.99 Å². The van der Waals surface area contributed by atoms with E-state index in [9.17, 15) is 0 Å². The molecule has 0 saturated heterocycles. The molecule has 0 radical (unpaired) electrons. The summed E-state index contributed by atoms with van der Waals surface area (Å²) in [6.07, 6.45) is 7.22. The fraction of sp³-hybridized carbons (Fsp3) is 0.318. The second-order valence-electron chi connectivity index (χ2n) is 6.88. The van der Waals surface area contributed by atoms with Gasteiger partial charge in [-0.15, -0.1) is 0 Å². The molecule has 2 heterocycles. The van der Waals surface area contributed by atoms with Crippen molar-refractivity contribution >= 4 is 5.96 Å². The highest BCUT2D eigenvalue weighted by molar-refractivity contribution is 5.79. The lowest BCUT2D eigenvalue weighted by Gasteiger charge is -2.16. The summed E-state index contributed by atoms with van der Waals surface area (Å²) in [5.41, 5.74) is 3.67. The number of hydrogen-bond acceptors (Lipinski definition) is 3. The van der Waals surface area contributed by atoms with Crippen molar-refractivity contribution in [1.82, 2.24) is 25.2 Å². The number of nitrogens with zero attached hydrogens (tertiary/aromatic N) is 4. The molecule has 0 saturated carbocycles. The number of hydrogen-bond donors (Lipinski definition) is 2. The highest BCUT2D eigenvalue weighted by Gasteiger charge is 2.07. The van der Waals surface area contributed by atoms with Crippen molar-refractivity contribution in [3.05, 3.63) is 78.0 Å². The number of imidazole rings is 1. The summed E-state index contributed by atoms with van der Waals surface area (Å²) in [7, 11) is 0. The summed E-state index contributed by atoms with van der Waals surface area (Å²) in [6, 6.07) is 12.7. The summed E-state index contributed by atoms with van der Waals surface area (Å²) >= 11 is 0. The topological polar surface area (TPSA) is 67.1 Å². The van der Waals surface area contributed by atoms with Crippen LogP contribution < -0.4 is 10.6 Å². The molecule has 1 atom stereocenters. The van der Waals surface area contributed by atoms with Gasteiger partial charge in [0.2, 0.25) is 0 Å². The van der Waals surface area contributed by atoms with E-state index in [4.69, 9.17) is 4.99 Å². The second-order valence-corrected chi connectivity index (χ2v) is 6.88. The van der Waals surface area contributed by atoms with Crippen molar-refractivity contribution in [2.75, 3.05) is 13.1 Å². The summed E-state index contributed by atoms with van der Waals surface area (Å²) in [5.74, 6) is 2.07. The fourth-order valence-electron chi connectivity index (χ4n) is 2.83. The van der Waals surface area contributed by atoms with E-state index in [0.717, 1.165) is 30.4 Å². The van der Waals surface area contributed by atoms with Gasteiger partial charge in [-0.05, 0) is 37.0 Å². The van der Waals surface area contributed by atoms with Crippen LogP contribution in [-0.4, -0.2) is 33.6 Å². The lowest BCUT2D eigenvalue weighted by Crippen LogP contribution is -2.39. The van der Waals surface area contributed by atoms with Crippen LogP contribution >= 0.6 is 0 Å². The summed E-state index contributed by atoms with van der Waals surface area (Å²) in [6.45, 7) is 8.63. The molecule has 0 bridgehead atoms. The quantitative estimate of drug-likeness (QED) is 0.490. The molecule has 28 heavy (non-hydrogen) atoms. The molecule has 0 spiro atoms. The van der Waals surface area contributed by atoms with Crippen molar-refractivity contribution in [2.45, 2.75) is 33.2 Å². The van der Waals surface area contributed by atoms with Gasteiger partial charge in [0, 0.05) is 31.7 Å². The third-order valence-corrected chi connectivity index (χ3v) is 4.56. The number of aliphatic imine (C=N–C) groups is 1. The van der Waals surface area contributed by atoms with Gasteiger partial charge in [-0.25, -0.2) is 15.0 Å². The van der Waals surface area contributed by atoms with E-state index in [2.05, 4.69) is 65.6 Å². The number of nitrogens with one attached hydrogen (secondary N) is 2. The van der Waals surface area contributed by atoms with Crippen molar-refractivity contribution in [1.29, 1.82) is 0 Å². The van der Waals surface area contributed by atoms with Crippen LogP contribution in [0.4, 0.5) is 0 Å². The lowest BCUT2D eigenvalue weighted by atomic mass is 10.0. The normalized spacial score (nSPS) is 12.6. The Labute approximate surface area is 166 Å². The number of benzene rings is 1. The molecular weight excluding hydrogens is 348 g/mol. The van der Waals surface area contributed by atoms with Gasteiger partial charge >= 0.3 is 0 Å². The van der Waals surface area contributed by atoms with Gasteiger partial charge < -0.3 is 10.6 Å². The molecule has 1 aromatic carbocycles. The summed E-state index contributed by atoms with van der Waals surface area (Å²) < 4.78 is 1.88. The zero-order valence-electron chi connectivity index (χ0n) is 16.8. The van der Waals surface area contributed by atoms with Crippen LogP contribution in [0.3, 0.4) is 0 Å². The standard InChI is InChI=1S/C22H28N6/c1-4-24-22(26-13-18(3)20-8-5-17(2)6-9-20)27-15-19-7-10-21(25-14-19)28-12-11-23-16-28/h5-12,14,16,18H,4,13,15H2,1-3H3,(H2,24,26,27). The summed E-state index contributed by atoms with van der Waals surface area (Å²) in [4.78, 5) is 13.2. The molecule has 2 N–H and O–H groups in total. The highest BCUT2D eigenvalue weighted by Crippen LogP contribution is 2.14. The van der Waals surface area contributed by atoms with Gasteiger partial charge in [-0.1, -0.05) is 42.8 Å². The fourth-order valence-corrected chi connectivity index (χ4v) is 2.83. The van der Waals surface area contributed by atoms with Gasteiger partial charge in [-0.3, -0.25) is 4.57 Å². The number of aryl methyl sites for hydroxylation is 1. The molecule has 3 rings (SSSR count). The van der Waals surface area contributed by atoms with E-state index >= 15 is 0 Å². The zero-order chi connectivity index (χ0) is 19.8. The Hall–Kier alpha value is -3.15. The number of rotatable bonds is 7.